The van der Waals surface area contributed by atoms with E-state index in [1.165, 1.54) is 16.9 Å². The number of hydrogen-bond donors (Lipinski definition) is 1. The van der Waals surface area contributed by atoms with Gasteiger partial charge in [-0.1, -0.05) is 29.8 Å². The fraction of sp³-hybridized carbons (Fsp3) is 0.238. The number of halogens is 5. The van der Waals surface area contributed by atoms with Crippen LogP contribution < -0.4 is 5.32 Å². The molecule has 1 aliphatic rings. The molecule has 1 aliphatic carbocycles. The summed E-state index contributed by atoms with van der Waals surface area (Å²) in [5, 5.41) is 10.4. The summed E-state index contributed by atoms with van der Waals surface area (Å²) in [6, 6.07) is 7.11. The lowest BCUT2D eigenvalue weighted by Crippen LogP contribution is -2.16. The number of hydrogen-bond acceptors (Lipinski definition) is 4. The predicted molar refractivity (Wildman–Crippen MR) is 111 cm³/mol. The summed E-state index contributed by atoms with van der Waals surface area (Å²) in [5.74, 6) is -1.27. The molecular weight excluding hydrogens is 464 g/mol. The number of benzene rings is 1. The monoisotopic (exact) mass is 478 g/mol. The number of anilines is 1. The summed E-state index contributed by atoms with van der Waals surface area (Å²) >= 11 is 6.16. The van der Waals surface area contributed by atoms with Crippen LogP contribution in [0.4, 0.5) is 23.4 Å². The molecule has 170 valence electrons. The second kappa shape index (κ2) is 7.84. The highest BCUT2D eigenvalue weighted by Crippen LogP contribution is 2.41. The van der Waals surface area contributed by atoms with Gasteiger partial charge >= 0.3 is 6.18 Å². The average Bonchev–Trinajstić information content (AvgIpc) is 3.43. The van der Waals surface area contributed by atoms with E-state index in [1.807, 2.05) is 0 Å². The van der Waals surface area contributed by atoms with E-state index in [1.54, 1.807) is 18.2 Å². The molecule has 0 saturated heterocycles. The molecule has 12 heteroatoms. The quantitative estimate of drug-likeness (QED) is 0.413. The lowest BCUT2D eigenvalue weighted by molar-refractivity contribution is -0.142. The number of amides is 1. The van der Waals surface area contributed by atoms with Gasteiger partial charge in [-0.05, 0) is 25.0 Å². The number of fused-ring (bicyclic) bond motifs is 1. The van der Waals surface area contributed by atoms with Gasteiger partial charge in [0.1, 0.15) is 22.1 Å². The standard InChI is InChI=1S/C21H15ClF4N6O/c22-14-10-31(9-12-3-1-2-4-15(12)23)30-18(14)29-20(33)13-8-27-32-17(21(24,25)26)7-16(11-5-6-11)28-19(13)32/h1-4,7-8,10-11H,5-6,9H2,(H,29,30,33). The first-order valence-corrected chi connectivity index (χ1v) is 10.3. The molecule has 1 saturated carbocycles. The van der Waals surface area contributed by atoms with E-state index in [0.717, 1.165) is 25.1 Å². The first-order chi connectivity index (χ1) is 15.7. The Kier molecular flexibility index (Phi) is 5.08. The number of nitrogens with zero attached hydrogens (tertiary/aromatic N) is 5. The first kappa shape index (κ1) is 21.4. The van der Waals surface area contributed by atoms with Crippen molar-refractivity contribution in [3.05, 3.63) is 76.1 Å². The Labute approximate surface area is 189 Å². The molecule has 4 aromatic rings. The molecule has 3 heterocycles. The molecule has 1 aromatic carbocycles. The highest BCUT2D eigenvalue weighted by molar-refractivity contribution is 6.33. The number of carbonyl (C=O) groups is 1. The summed E-state index contributed by atoms with van der Waals surface area (Å²) in [7, 11) is 0. The van der Waals surface area contributed by atoms with E-state index in [0.29, 0.717) is 10.1 Å². The van der Waals surface area contributed by atoms with E-state index in [-0.39, 0.29) is 40.2 Å². The minimum atomic E-state index is -4.67. The van der Waals surface area contributed by atoms with Crippen molar-refractivity contribution in [3.8, 4) is 0 Å². The number of nitrogens with one attached hydrogen (secondary N) is 1. The molecule has 3 aromatic heterocycles. The Morgan fingerprint density at radius 1 is 1.24 bits per heavy atom. The van der Waals surface area contributed by atoms with Gasteiger partial charge in [-0.2, -0.15) is 23.4 Å². The van der Waals surface area contributed by atoms with Gasteiger partial charge in [-0.3, -0.25) is 9.48 Å². The van der Waals surface area contributed by atoms with Crippen LogP contribution in [-0.2, 0) is 12.7 Å². The third-order valence-electron chi connectivity index (χ3n) is 5.26. The van der Waals surface area contributed by atoms with Crippen LogP contribution in [0.3, 0.4) is 0 Å². The van der Waals surface area contributed by atoms with Crippen molar-refractivity contribution in [2.24, 2.45) is 0 Å². The van der Waals surface area contributed by atoms with Crippen molar-refractivity contribution in [1.82, 2.24) is 24.4 Å². The maximum atomic E-state index is 13.9. The van der Waals surface area contributed by atoms with E-state index >= 15 is 0 Å². The molecule has 0 unspecified atom stereocenters. The molecule has 7 nitrogen and oxygen atoms in total. The number of alkyl halides is 3. The Balaban J connectivity index is 1.45. The summed E-state index contributed by atoms with van der Waals surface area (Å²) in [4.78, 5) is 17.1. The SMILES string of the molecule is O=C(Nc1nn(Cc2ccccc2F)cc1Cl)c1cnn2c(C(F)(F)F)cc(C3CC3)nc12. The number of carbonyl (C=O) groups excluding carboxylic acids is 1. The third-order valence-corrected chi connectivity index (χ3v) is 5.54. The Morgan fingerprint density at radius 3 is 2.70 bits per heavy atom. The van der Waals surface area contributed by atoms with E-state index in [9.17, 15) is 22.4 Å². The third kappa shape index (κ3) is 4.15. The normalized spacial score (nSPS) is 14.1. The summed E-state index contributed by atoms with van der Waals surface area (Å²) in [6.45, 7) is 0.0697. The second-order valence-electron chi connectivity index (χ2n) is 7.70. The van der Waals surface area contributed by atoms with Crippen LogP contribution in [0.25, 0.3) is 5.65 Å². The molecule has 0 aliphatic heterocycles. The van der Waals surface area contributed by atoms with Crippen molar-refractivity contribution in [1.29, 1.82) is 0 Å². The van der Waals surface area contributed by atoms with Gasteiger partial charge in [0.05, 0.1) is 12.7 Å². The zero-order chi connectivity index (χ0) is 23.3. The number of rotatable bonds is 5. The first-order valence-electron chi connectivity index (χ1n) is 9.94. The van der Waals surface area contributed by atoms with Gasteiger partial charge in [-0.25, -0.2) is 13.9 Å². The highest BCUT2D eigenvalue weighted by atomic mass is 35.5. The van der Waals surface area contributed by atoms with Crippen molar-refractivity contribution in [2.75, 3.05) is 5.32 Å². The molecule has 1 amide bonds. The Morgan fingerprint density at radius 2 is 2.00 bits per heavy atom. The molecular formula is C21H15ClF4N6O. The molecule has 0 radical (unpaired) electrons. The van der Waals surface area contributed by atoms with Crippen molar-refractivity contribution < 1.29 is 22.4 Å². The van der Waals surface area contributed by atoms with Gasteiger partial charge in [0, 0.05) is 23.4 Å². The van der Waals surface area contributed by atoms with Crippen LogP contribution >= 0.6 is 11.6 Å². The van der Waals surface area contributed by atoms with Crippen LogP contribution in [0.15, 0.2) is 42.7 Å². The fourth-order valence-electron chi connectivity index (χ4n) is 3.47. The lowest BCUT2D eigenvalue weighted by atomic mass is 10.2. The largest absolute Gasteiger partial charge is 0.433 e. The molecule has 5 rings (SSSR count). The average molecular weight is 479 g/mol. The summed E-state index contributed by atoms with van der Waals surface area (Å²) in [5.41, 5.74) is -0.709. The molecule has 1 fully saturated rings. The number of aromatic nitrogens is 5. The maximum absolute atomic E-state index is 13.9. The predicted octanol–water partition coefficient (Wildman–Crippen LogP) is 4.92. The molecule has 33 heavy (non-hydrogen) atoms. The van der Waals surface area contributed by atoms with Crippen LogP contribution in [0.1, 0.15) is 46.1 Å². The molecule has 1 N–H and O–H groups in total. The zero-order valence-corrected chi connectivity index (χ0v) is 17.5. The van der Waals surface area contributed by atoms with Crippen LogP contribution in [0.2, 0.25) is 5.02 Å². The van der Waals surface area contributed by atoms with Crippen LogP contribution in [0, 0.1) is 5.82 Å². The minimum Gasteiger partial charge on any atom is -0.304 e. The molecule has 0 spiro atoms. The Hall–Kier alpha value is -3.47. The van der Waals surface area contributed by atoms with E-state index < -0.39 is 23.6 Å². The zero-order valence-electron chi connectivity index (χ0n) is 16.8. The topological polar surface area (TPSA) is 77.1 Å². The van der Waals surface area contributed by atoms with Gasteiger partial charge in [0.15, 0.2) is 11.5 Å². The Bertz CT molecular complexity index is 1380. The van der Waals surface area contributed by atoms with Crippen molar-refractivity contribution in [3.63, 3.8) is 0 Å². The van der Waals surface area contributed by atoms with Crippen molar-refractivity contribution >= 4 is 29.0 Å². The molecule has 0 atom stereocenters. The second-order valence-corrected chi connectivity index (χ2v) is 8.11. The smallest absolute Gasteiger partial charge is 0.304 e. The van der Waals surface area contributed by atoms with Gasteiger partial charge in [-0.15, -0.1) is 0 Å². The minimum absolute atomic E-state index is 0.0215. The fourth-order valence-corrected chi connectivity index (χ4v) is 3.67. The van der Waals surface area contributed by atoms with Gasteiger partial charge < -0.3 is 5.32 Å². The van der Waals surface area contributed by atoms with E-state index in [2.05, 4.69) is 20.5 Å². The summed E-state index contributed by atoms with van der Waals surface area (Å²) < 4.78 is 56.5. The molecule has 0 bridgehead atoms. The highest BCUT2D eigenvalue weighted by Gasteiger charge is 2.38. The lowest BCUT2D eigenvalue weighted by Gasteiger charge is -2.11. The van der Waals surface area contributed by atoms with Crippen LogP contribution in [0.5, 0.6) is 0 Å². The van der Waals surface area contributed by atoms with E-state index in [4.69, 9.17) is 11.6 Å². The van der Waals surface area contributed by atoms with Crippen molar-refractivity contribution in [2.45, 2.75) is 31.5 Å². The maximum Gasteiger partial charge on any atom is 0.433 e. The van der Waals surface area contributed by atoms with Crippen LogP contribution in [-0.4, -0.2) is 30.3 Å². The van der Waals surface area contributed by atoms with Gasteiger partial charge in [0.2, 0.25) is 0 Å². The summed E-state index contributed by atoms with van der Waals surface area (Å²) in [6.07, 6.45) is -0.755. The van der Waals surface area contributed by atoms with Gasteiger partial charge in [0.25, 0.3) is 5.91 Å².